The van der Waals surface area contributed by atoms with Gasteiger partial charge in [0, 0.05) is 13.1 Å². The average molecular weight is 157 g/mol. The van der Waals surface area contributed by atoms with Crippen LogP contribution in [0.15, 0.2) is 0 Å². The van der Waals surface area contributed by atoms with Gasteiger partial charge in [-0.1, -0.05) is 0 Å². The van der Waals surface area contributed by atoms with Gasteiger partial charge in [-0.25, -0.2) is 0 Å². The maximum Gasteiger partial charge on any atom is 0.188 e. The number of nitrogens with two attached hydrogens (primary N) is 1. The van der Waals surface area contributed by atoms with Crippen LogP contribution in [0.5, 0.6) is 0 Å². The van der Waals surface area contributed by atoms with Crippen LogP contribution in [-0.4, -0.2) is 36.2 Å². The molecule has 1 aliphatic heterocycles. The number of guanidine groups is 1. The molecule has 0 aromatic heterocycles. The van der Waals surface area contributed by atoms with Crippen molar-refractivity contribution in [2.75, 3.05) is 13.1 Å². The quantitative estimate of drug-likeness (QED) is 0.384. The molecular formula is C7H15N3O. The lowest BCUT2D eigenvalue weighted by atomic mass is 10.2. The van der Waals surface area contributed by atoms with Crippen LogP contribution in [0.2, 0.25) is 0 Å². The molecule has 64 valence electrons. The van der Waals surface area contributed by atoms with E-state index in [1.807, 2.05) is 18.7 Å². The monoisotopic (exact) mass is 157 g/mol. The van der Waals surface area contributed by atoms with Crippen molar-refractivity contribution in [3.63, 3.8) is 0 Å². The molecule has 2 atom stereocenters. The largest absolute Gasteiger partial charge is 0.372 e. The van der Waals surface area contributed by atoms with E-state index in [4.69, 9.17) is 15.9 Å². The first kappa shape index (κ1) is 8.33. The second-order valence-corrected chi connectivity index (χ2v) is 3.05. The van der Waals surface area contributed by atoms with Crippen LogP contribution in [0.4, 0.5) is 0 Å². The highest BCUT2D eigenvalue weighted by molar-refractivity contribution is 5.74. The third-order valence-corrected chi connectivity index (χ3v) is 1.76. The minimum atomic E-state index is 0.145. The maximum absolute atomic E-state index is 7.22. The Balaban J connectivity index is 2.49. The lowest BCUT2D eigenvalue weighted by molar-refractivity contribution is -0.0485. The SMILES string of the molecule is CC1CN(C(=N)N)C[C@H](C)O1. The minimum Gasteiger partial charge on any atom is -0.372 e. The van der Waals surface area contributed by atoms with E-state index >= 15 is 0 Å². The van der Waals surface area contributed by atoms with Gasteiger partial charge < -0.3 is 15.4 Å². The Kier molecular flexibility index (Phi) is 2.34. The summed E-state index contributed by atoms with van der Waals surface area (Å²) in [4.78, 5) is 1.83. The predicted octanol–water partition coefficient (Wildman–Crippen LogP) is -0.0109. The first-order valence-electron chi connectivity index (χ1n) is 3.84. The Bertz CT molecular complexity index is 150. The molecule has 3 N–H and O–H groups in total. The molecule has 0 amide bonds. The van der Waals surface area contributed by atoms with Crippen LogP contribution in [-0.2, 0) is 4.74 Å². The molecule has 1 heterocycles. The Labute approximate surface area is 66.8 Å². The van der Waals surface area contributed by atoms with Crippen LogP contribution < -0.4 is 5.73 Å². The molecule has 1 aliphatic rings. The highest BCUT2D eigenvalue weighted by atomic mass is 16.5. The van der Waals surface area contributed by atoms with Crippen molar-refractivity contribution in [2.45, 2.75) is 26.1 Å². The fraction of sp³-hybridized carbons (Fsp3) is 0.857. The molecule has 11 heavy (non-hydrogen) atoms. The van der Waals surface area contributed by atoms with Crippen LogP contribution in [0.1, 0.15) is 13.8 Å². The summed E-state index contributed by atoms with van der Waals surface area (Å²) < 4.78 is 5.47. The van der Waals surface area contributed by atoms with Crippen molar-refractivity contribution in [1.29, 1.82) is 5.41 Å². The third kappa shape index (κ3) is 2.08. The van der Waals surface area contributed by atoms with Gasteiger partial charge in [-0.2, -0.15) is 0 Å². The highest BCUT2D eigenvalue weighted by Gasteiger charge is 2.22. The van der Waals surface area contributed by atoms with Crippen molar-refractivity contribution in [3.8, 4) is 0 Å². The summed E-state index contributed by atoms with van der Waals surface area (Å²) in [6.45, 7) is 5.45. The van der Waals surface area contributed by atoms with Crippen LogP contribution in [0.25, 0.3) is 0 Å². The van der Waals surface area contributed by atoms with Crippen LogP contribution in [0.3, 0.4) is 0 Å². The summed E-state index contributed by atoms with van der Waals surface area (Å²) in [6.07, 6.45) is 0.366. The van der Waals surface area contributed by atoms with Crippen molar-refractivity contribution >= 4 is 5.96 Å². The standard InChI is InChI=1S/C7H15N3O/c1-5-3-10(7(8)9)4-6(2)11-5/h5-6H,3-4H2,1-2H3,(H3,8,9)/t5-,6?/m0/s1. The number of rotatable bonds is 0. The first-order valence-corrected chi connectivity index (χ1v) is 3.84. The maximum atomic E-state index is 7.22. The predicted molar refractivity (Wildman–Crippen MR) is 43.5 cm³/mol. The fourth-order valence-corrected chi connectivity index (χ4v) is 1.37. The minimum absolute atomic E-state index is 0.145. The Morgan fingerprint density at radius 3 is 2.27 bits per heavy atom. The molecule has 0 aromatic rings. The summed E-state index contributed by atoms with van der Waals surface area (Å²) in [5.41, 5.74) is 5.35. The number of hydrogen-bond acceptors (Lipinski definition) is 2. The molecule has 1 rings (SSSR count). The molecule has 1 saturated heterocycles. The summed E-state index contributed by atoms with van der Waals surface area (Å²) in [5, 5.41) is 7.22. The summed E-state index contributed by atoms with van der Waals surface area (Å²) >= 11 is 0. The second kappa shape index (κ2) is 3.09. The first-order chi connectivity index (χ1) is 5.09. The van der Waals surface area contributed by atoms with Gasteiger partial charge in [0.1, 0.15) is 0 Å². The van der Waals surface area contributed by atoms with Crippen LogP contribution in [0, 0.1) is 5.41 Å². The number of nitrogens with zero attached hydrogens (tertiary/aromatic N) is 1. The zero-order chi connectivity index (χ0) is 8.43. The van der Waals surface area contributed by atoms with Gasteiger partial charge in [0.05, 0.1) is 12.2 Å². The molecule has 0 aromatic carbocycles. The van der Waals surface area contributed by atoms with E-state index in [1.54, 1.807) is 0 Å². The van der Waals surface area contributed by atoms with E-state index in [9.17, 15) is 0 Å². The van der Waals surface area contributed by atoms with Gasteiger partial charge in [0.2, 0.25) is 0 Å². The molecule has 0 bridgehead atoms. The van der Waals surface area contributed by atoms with Crippen molar-refractivity contribution in [2.24, 2.45) is 5.73 Å². The van der Waals surface area contributed by atoms with E-state index < -0.39 is 0 Å². The van der Waals surface area contributed by atoms with E-state index in [0.29, 0.717) is 0 Å². The van der Waals surface area contributed by atoms with E-state index in [-0.39, 0.29) is 18.2 Å². The molecule has 0 spiro atoms. The van der Waals surface area contributed by atoms with Gasteiger partial charge >= 0.3 is 0 Å². The van der Waals surface area contributed by atoms with Gasteiger partial charge in [-0.15, -0.1) is 0 Å². The third-order valence-electron chi connectivity index (χ3n) is 1.76. The number of hydrogen-bond donors (Lipinski definition) is 2. The van der Waals surface area contributed by atoms with E-state index in [2.05, 4.69) is 0 Å². The van der Waals surface area contributed by atoms with Gasteiger partial charge in [0.15, 0.2) is 5.96 Å². The molecule has 4 heteroatoms. The number of morpholine rings is 1. The van der Waals surface area contributed by atoms with Crippen molar-refractivity contribution in [3.05, 3.63) is 0 Å². The summed E-state index contributed by atoms with van der Waals surface area (Å²) in [5.74, 6) is 0.145. The molecule has 0 aliphatic carbocycles. The van der Waals surface area contributed by atoms with Crippen LogP contribution >= 0.6 is 0 Å². The molecule has 1 fully saturated rings. The van der Waals surface area contributed by atoms with Crippen molar-refractivity contribution in [1.82, 2.24) is 4.90 Å². The van der Waals surface area contributed by atoms with Gasteiger partial charge in [-0.3, -0.25) is 5.41 Å². The van der Waals surface area contributed by atoms with E-state index in [1.165, 1.54) is 0 Å². The zero-order valence-corrected chi connectivity index (χ0v) is 7.00. The molecule has 4 nitrogen and oxygen atoms in total. The number of ether oxygens (including phenoxy) is 1. The van der Waals surface area contributed by atoms with E-state index in [0.717, 1.165) is 13.1 Å². The Morgan fingerprint density at radius 2 is 1.91 bits per heavy atom. The lowest BCUT2D eigenvalue weighted by Gasteiger charge is -2.35. The number of nitrogens with one attached hydrogen (secondary N) is 1. The summed E-state index contributed by atoms with van der Waals surface area (Å²) in [7, 11) is 0. The molecule has 0 saturated carbocycles. The highest BCUT2D eigenvalue weighted by Crippen LogP contribution is 2.09. The second-order valence-electron chi connectivity index (χ2n) is 3.05. The lowest BCUT2D eigenvalue weighted by Crippen LogP contribution is -2.50. The fourth-order valence-electron chi connectivity index (χ4n) is 1.37. The molecular weight excluding hydrogens is 142 g/mol. The normalized spacial score (nSPS) is 32.0. The van der Waals surface area contributed by atoms with Crippen molar-refractivity contribution < 1.29 is 4.74 Å². The summed E-state index contributed by atoms with van der Waals surface area (Å²) in [6, 6.07) is 0. The van der Waals surface area contributed by atoms with Gasteiger partial charge in [-0.05, 0) is 13.8 Å². The average Bonchev–Trinajstić information content (AvgIpc) is 1.85. The van der Waals surface area contributed by atoms with Gasteiger partial charge in [0.25, 0.3) is 0 Å². The topological polar surface area (TPSA) is 62.3 Å². The molecule has 0 radical (unpaired) electrons. The Hall–Kier alpha value is -0.770. The molecule has 1 unspecified atom stereocenters. The zero-order valence-electron chi connectivity index (χ0n) is 7.00. The smallest absolute Gasteiger partial charge is 0.188 e. The Morgan fingerprint density at radius 1 is 1.45 bits per heavy atom.